The van der Waals surface area contributed by atoms with Crippen molar-refractivity contribution in [2.24, 2.45) is 7.05 Å². The predicted molar refractivity (Wildman–Crippen MR) is 55.6 cm³/mol. The Balaban J connectivity index is 2.14. The molecule has 98 valence electrons. The van der Waals surface area contributed by atoms with Crippen LogP contribution >= 0.6 is 0 Å². The van der Waals surface area contributed by atoms with E-state index in [1.165, 1.54) is 34.0 Å². The molecular formula is C10H11F3N4O. The van der Waals surface area contributed by atoms with Crippen molar-refractivity contribution in [2.75, 3.05) is 0 Å². The number of aromatic nitrogens is 4. The van der Waals surface area contributed by atoms with Crippen molar-refractivity contribution in [3.63, 3.8) is 0 Å². The fourth-order valence-corrected chi connectivity index (χ4v) is 1.54. The SMILES string of the molecule is Cn1ncnc1Cn1ccc(C(O)C(F)(F)F)c1. The molecule has 0 spiro atoms. The number of aryl methyl sites for hydroxylation is 1. The Morgan fingerprint density at radius 1 is 1.44 bits per heavy atom. The first-order valence-electron chi connectivity index (χ1n) is 5.11. The lowest BCUT2D eigenvalue weighted by Gasteiger charge is -2.12. The average molecular weight is 260 g/mol. The largest absolute Gasteiger partial charge is 0.418 e. The van der Waals surface area contributed by atoms with E-state index >= 15 is 0 Å². The Morgan fingerprint density at radius 3 is 2.72 bits per heavy atom. The third kappa shape index (κ3) is 2.53. The van der Waals surface area contributed by atoms with Crippen LogP contribution in [-0.2, 0) is 13.6 Å². The smallest absolute Gasteiger partial charge is 0.379 e. The van der Waals surface area contributed by atoms with Crippen molar-refractivity contribution in [2.45, 2.75) is 18.8 Å². The van der Waals surface area contributed by atoms with E-state index in [1.807, 2.05) is 0 Å². The van der Waals surface area contributed by atoms with Gasteiger partial charge in [0, 0.05) is 25.0 Å². The van der Waals surface area contributed by atoms with Crippen molar-refractivity contribution < 1.29 is 18.3 Å². The van der Waals surface area contributed by atoms with Crippen molar-refractivity contribution in [1.82, 2.24) is 19.3 Å². The van der Waals surface area contributed by atoms with Crippen LogP contribution in [0.4, 0.5) is 13.2 Å². The Kier molecular flexibility index (Phi) is 3.12. The summed E-state index contributed by atoms with van der Waals surface area (Å²) in [5.41, 5.74) is -0.190. The van der Waals surface area contributed by atoms with Crippen molar-refractivity contribution in [3.8, 4) is 0 Å². The van der Waals surface area contributed by atoms with E-state index in [2.05, 4.69) is 10.1 Å². The fourth-order valence-electron chi connectivity index (χ4n) is 1.54. The molecule has 1 unspecified atom stereocenters. The summed E-state index contributed by atoms with van der Waals surface area (Å²) in [6.07, 6.45) is -3.05. The molecule has 0 amide bonds. The zero-order valence-electron chi connectivity index (χ0n) is 9.46. The number of rotatable bonds is 3. The van der Waals surface area contributed by atoms with Crippen LogP contribution in [-0.4, -0.2) is 30.6 Å². The zero-order valence-corrected chi connectivity index (χ0v) is 9.46. The Labute approximate surface area is 100 Å². The van der Waals surface area contributed by atoms with Gasteiger partial charge in [0.05, 0.1) is 6.54 Å². The highest BCUT2D eigenvalue weighted by atomic mass is 19.4. The number of nitrogens with zero attached hydrogens (tertiary/aromatic N) is 4. The molecule has 2 aromatic rings. The van der Waals surface area contributed by atoms with Crippen LogP contribution in [0.2, 0.25) is 0 Å². The topological polar surface area (TPSA) is 55.9 Å². The number of halogens is 3. The molecule has 0 aromatic carbocycles. The molecule has 0 fully saturated rings. The van der Waals surface area contributed by atoms with Crippen LogP contribution < -0.4 is 0 Å². The summed E-state index contributed by atoms with van der Waals surface area (Å²) in [6.45, 7) is 0.293. The second kappa shape index (κ2) is 4.45. The third-order valence-electron chi connectivity index (χ3n) is 2.53. The molecule has 2 heterocycles. The van der Waals surface area contributed by atoms with Crippen molar-refractivity contribution in [3.05, 3.63) is 36.2 Å². The highest BCUT2D eigenvalue weighted by Crippen LogP contribution is 2.32. The van der Waals surface area contributed by atoms with Crippen LogP contribution in [0, 0.1) is 0 Å². The number of alkyl halides is 3. The van der Waals surface area contributed by atoms with E-state index < -0.39 is 12.3 Å². The van der Waals surface area contributed by atoms with Gasteiger partial charge in [0.2, 0.25) is 0 Å². The lowest BCUT2D eigenvalue weighted by Crippen LogP contribution is -2.19. The summed E-state index contributed by atoms with van der Waals surface area (Å²) in [6, 6.07) is 1.23. The summed E-state index contributed by atoms with van der Waals surface area (Å²) < 4.78 is 39.9. The molecule has 0 radical (unpaired) electrons. The highest BCUT2D eigenvalue weighted by Gasteiger charge is 2.39. The molecule has 0 aliphatic rings. The van der Waals surface area contributed by atoms with E-state index in [-0.39, 0.29) is 5.56 Å². The summed E-state index contributed by atoms with van der Waals surface area (Å²) in [4.78, 5) is 3.96. The van der Waals surface area contributed by atoms with Gasteiger partial charge in [-0.25, -0.2) is 4.98 Å². The first-order chi connectivity index (χ1) is 8.38. The number of aliphatic hydroxyl groups excluding tert-OH is 1. The molecule has 1 atom stereocenters. The van der Waals surface area contributed by atoms with Crippen molar-refractivity contribution >= 4 is 0 Å². The molecule has 0 saturated heterocycles. The lowest BCUT2D eigenvalue weighted by atomic mass is 10.2. The summed E-state index contributed by atoms with van der Waals surface area (Å²) in [5, 5.41) is 12.9. The summed E-state index contributed by atoms with van der Waals surface area (Å²) in [7, 11) is 1.69. The van der Waals surface area contributed by atoms with Crippen LogP contribution in [0.15, 0.2) is 24.8 Å². The fraction of sp³-hybridized carbons (Fsp3) is 0.400. The first kappa shape index (κ1) is 12.6. The molecule has 0 aliphatic heterocycles. The Hall–Kier alpha value is -1.83. The molecule has 18 heavy (non-hydrogen) atoms. The van der Waals surface area contributed by atoms with Crippen LogP contribution in [0.25, 0.3) is 0 Å². The van der Waals surface area contributed by atoms with E-state index in [0.717, 1.165) is 0 Å². The molecular weight excluding hydrogens is 249 g/mol. The van der Waals surface area contributed by atoms with Crippen LogP contribution in [0.1, 0.15) is 17.5 Å². The second-order valence-corrected chi connectivity index (χ2v) is 3.86. The van der Waals surface area contributed by atoms with Gasteiger partial charge in [0.15, 0.2) is 6.10 Å². The minimum Gasteiger partial charge on any atom is -0.379 e. The van der Waals surface area contributed by atoms with Gasteiger partial charge in [-0.15, -0.1) is 0 Å². The van der Waals surface area contributed by atoms with Crippen molar-refractivity contribution in [1.29, 1.82) is 0 Å². The monoisotopic (exact) mass is 260 g/mol. The van der Waals surface area contributed by atoms with Gasteiger partial charge in [-0.1, -0.05) is 0 Å². The maximum Gasteiger partial charge on any atom is 0.418 e. The predicted octanol–water partition coefficient (Wildman–Crippen LogP) is 1.26. The molecule has 2 aromatic heterocycles. The van der Waals surface area contributed by atoms with Crippen LogP contribution in [0.3, 0.4) is 0 Å². The zero-order chi connectivity index (χ0) is 13.3. The summed E-state index contributed by atoms with van der Waals surface area (Å²) in [5.74, 6) is 0.610. The summed E-state index contributed by atoms with van der Waals surface area (Å²) >= 11 is 0. The van der Waals surface area contributed by atoms with Gasteiger partial charge in [0.1, 0.15) is 12.2 Å². The molecule has 0 aliphatic carbocycles. The second-order valence-electron chi connectivity index (χ2n) is 3.86. The Bertz CT molecular complexity index is 531. The maximum absolute atomic E-state index is 12.3. The standard InChI is InChI=1S/C10H11F3N4O/c1-16-8(14-6-15-16)5-17-3-2-7(4-17)9(18)10(11,12)13/h2-4,6,9,18H,5H2,1H3. The number of hydrogen-bond acceptors (Lipinski definition) is 3. The molecule has 2 rings (SSSR count). The molecule has 0 saturated carbocycles. The quantitative estimate of drug-likeness (QED) is 0.904. The third-order valence-corrected chi connectivity index (χ3v) is 2.53. The first-order valence-corrected chi connectivity index (χ1v) is 5.11. The van der Waals surface area contributed by atoms with Gasteiger partial charge in [-0.2, -0.15) is 18.3 Å². The van der Waals surface area contributed by atoms with E-state index in [9.17, 15) is 13.2 Å². The number of hydrogen-bond donors (Lipinski definition) is 1. The van der Waals surface area contributed by atoms with E-state index in [0.29, 0.717) is 12.4 Å². The normalized spacial score (nSPS) is 13.8. The van der Waals surface area contributed by atoms with Gasteiger partial charge < -0.3 is 9.67 Å². The lowest BCUT2D eigenvalue weighted by molar-refractivity contribution is -0.206. The minimum atomic E-state index is -4.66. The molecule has 0 bridgehead atoms. The molecule has 1 N–H and O–H groups in total. The van der Waals surface area contributed by atoms with E-state index in [1.54, 1.807) is 7.05 Å². The van der Waals surface area contributed by atoms with Gasteiger partial charge >= 0.3 is 6.18 Å². The number of aliphatic hydroxyl groups is 1. The highest BCUT2D eigenvalue weighted by molar-refractivity contribution is 5.15. The van der Waals surface area contributed by atoms with Gasteiger partial charge in [-0.3, -0.25) is 4.68 Å². The molecule has 8 heteroatoms. The maximum atomic E-state index is 12.3. The van der Waals surface area contributed by atoms with E-state index in [4.69, 9.17) is 5.11 Å². The average Bonchev–Trinajstić information content (AvgIpc) is 2.87. The minimum absolute atomic E-state index is 0.190. The van der Waals surface area contributed by atoms with Gasteiger partial charge in [0.25, 0.3) is 0 Å². The van der Waals surface area contributed by atoms with Crippen LogP contribution in [0.5, 0.6) is 0 Å². The Morgan fingerprint density at radius 2 is 2.17 bits per heavy atom. The van der Waals surface area contributed by atoms with Gasteiger partial charge in [-0.05, 0) is 6.07 Å². The molecule has 5 nitrogen and oxygen atoms in total.